The van der Waals surface area contributed by atoms with E-state index in [-0.39, 0.29) is 0 Å². The normalized spacial score (nSPS) is 12.3. The topological polar surface area (TPSA) is 6.48 Å². The van der Waals surface area contributed by atoms with Gasteiger partial charge < -0.3 is 9.80 Å². The molecule has 2 heteroatoms. The average molecular weight is 731 g/mol. The van der Waals surface area contributed by atoms with Gasteiger partial charge in [0.25, 0.3) is 0 Å². The van der Waals surface area contributed by atoms with E-state index in [9.17, 15) is 0 Å². The number of benzene rings is 8. The van der Waals surface area contributed by atoms with Crippen molar-refractivity contribution in [2.24, 2.45) is 0 Å². The summed E-state index contributed by atoms with van der Waals surface area (Å²) in [6.45, 7) is 0. The van der Waals surface area contributed by atoms with Gasteiger partial charge in [-0.3, -0.25) is 0 Å². The van der Waals surface area contributed by atoms with E-state index in [0.29, 0.717) is 0 Å². The maximum absolute atomic E-state index is 2.34. The quantitative estimate of drug-likeness (QED) is 0.138. The Morgan fingerprint density at radius 1 is 0.246 bits per heavy atom. The minimum absolute atomic E-state index is 0.858. The predicted octanol–water partition coefficient (Wildman–Crippen LogP) is 15.2. The Morgan fingerprint density at radius 2 is 0.561 bits per heavy atom. The predicted molar refractivity (Wildman–Crippen MR) is 242 cm³/mol. The lowest BCUT2D eigenvalue weighted by atomic mass is 9.99. The van der Waals surface area contributed by atoms with E-state index in [4.69, 9.17) is 0 Å². The van der Waals surface area contributed by atoms with Crippen molar-refractivity contribution >= 4 is 34.0 Å². The highest BCUT2D eigenvalue weighted by Gasteiger charge is 2.16. The number of hydrogen-bond acceptors (Lipinski definition) is 2. The summed E-state index contributed by atoms with van der Waals surface area (Å²) in [5.41, 5.74) is 16.4. The largest absolute Gasteiger partial charge is 0.311 e. The smallest absolute Gasteiger partial charge is 0.0462 e. The summed E-state index contributed by atoms with van der Waals surface area (Å²) in [4.78, 5) is 4.65. The Balaban J connectivity index is 0.939. The summed E-state index contributed by atoms with van der Waals surface area (Å²) in [6, 6.07) is 77.9. The van der Waals surface area contributed by atoms with Crippen LogP contribution in [0.1, 0.15) is 12.0 Å². The summed E-state index contributed by atoms with van der Waals surface area (Å²) < 4.78 is 0. The fraction of sp³-hybridized carbons (Fsp3) is 0.0182. The Morgan fingerprint density at radius 3 is 1.00 bits per heavy atom. The standard InChI is InChI=1S/C55H42N2/c1-5-14-42(15-6-1)44-18-13-23-52(35-28-44)56(50-19-9-3-10-20-50)53-38-31-48(32-39-53)45-24-26-46(27-25-45)49-33-40-55(41-34-49)57(51-21-11-4-12-22-51)54-36-29-47(30-37-54)43-16-7-2-8-17-43/h1-12,14-41H,13H2. The molecule has 1 aliphatic rings. The molecule has 0 aliphatic heterocycles. The maximum Gasteiger partial charge on any atom is 0.0462 e. The van der Waals surface area contributed by atoms with Crippen LogP contribution in [0, 0.1) is 0 Å². The molecule has 0 radical (unpaired) electrons. The highest BCUT2D eigenvalue weighted by molar-refractivity contribution is 5.81. The number of allylic oxidation sites excluding steroid dienone is 5. The van der Waals surface area contributed by atoms with Crippen LogP contribution in [0.15, 0.2) is 248 Å². The molecule has 0 atom stereocenters. The SMILES string of the molecule is C1=CC(N(c2ccccc2)c2ccc(-c3ccc(-c4ccc(N(c5ccccc5)c5ccc(-c6ccccc6)cc5)cc4)cc3)cc2)=CCC=C1c1ccccc1. The molecule has 9 rings (SSSR count). The molecular formula is C55H42N2. The number of anilines is 5. The first-order chi connectivity index (χ1) is 28.3. The molecule has 0 saturated carbocycles. The second kappa shape index (κ2) is 16.5. The van der Waals surface area contributed by atoms with Gasteiger partial charge in [0.2, 0.25) is 0 Å². The zero-order chi connectivity index (χ0) is 38.2. The Hall–Kier alpha value is -7.42. The van der Waals surface area contributed by atoms with Crippen LogP contribution >= 0.6 is 0 Å². The molecule has 0 aromatic heterocycles. The monoisotopic (exact) mass is 730 g/mol. The summed E-state index contributed by atoms with van der Waals surface area (Å²) in [6.07, 6.45) is 9.94. The Kier molecular flexibility index (Phi) is 10.2. The lowest BCUT2D eigenvalue weighted by molar-refractivity contribution is 1.18. The number of para-hydroxylation sites is 2. The first kappa shape index (κ1) is 35.3. The minimum atomic E-state index is 0.858. The molecule has 0 saturated heterocycles. The van der Waals surface area contributed by atoms with Gasteiger partial charge in [0.1, 0.15) is 0 Å². The molecule has 8 aromatic rings. The minimum Gasteiger partial charge on any atom is -0.311 e. The molecule has 0 heterocycles. The van der Waals surface area contributed by atoms with Gasteiger partial charge >= 0.3 is 0 Å². The molecule has 2 nitrogen and oxygen atoms in total. The lowest BCUT2D eigenvalue weighted by Crippen LogP contribution is -2.15. The highest BCUT2D eigenvalue weighted by Crippen LogP contribution is 2.38. The molecule has 0 amide bonds. The van der Waals surface area contributed by atoms with E-state index in [0.717, 1.165) is 40.6 Å². The van der Waals surface area contributed by atoms with E-state index in [1.165, 1.54) is 44.5 Å². The van der Waals surface area contributed by atoms with Crippen molar-refractivity contribution in [1.82, 2.24) is 0 Å². The second-order valence-electron chi connectivity index (χ2n) is 14.1. The van der Waals surface area contributed by atoms with Gasteiger partial charge in [-0.15, -0.1) is 0 Å². The van der Waals surface area contributed by atoms with Crippen LogP contribution < -0.4 is 9.80 Å². The van der Waals surface area contributed by atoms with Gasteiger partial charge in [0, 0.05) is 34.1 Å². The third-order valence-corrected chi connectivity index (χ3v) is 10.5. The van der Waals surface area contributed by atoms with E-state index in [1.54, 1.807) is 0 Å². The summed E-state index contributed by atoms with van der Waals surface area (Å²) in [5, 5.41) is 0. The molecular weight excluding hydrogens is 689 g/mol. The van der Waals surface area contributed by atoms with Gasteiger partial charge in [-0.1, -0.05) is 176 Å². The average Bonchev–Trinajstić information content (AvgIpc) is 3.55. The molecule has 57 heavy (non-hydrogen) atoms. The van der Waals surface area contributed by atoms with Crippen LogP contribution in [0.5, 0.6) is 0 Å². The molecule has 0 N–H and O–H groups in total. The Bertz CT molecular complexity index is 2630. The van der Waals surface area contributed by atoms with Crippen molar-refractivity contribution < 1.29 is 0 Å². The van der Waals surface area contributed by atoms with Crippen LogP contribution in [-0.2, 0) is 0 Å². The summed E-state index contributed by atoms with van der Waals surface area (Å²) >= 11 is 0. The second-order valence-corrected chi connectivity index (χ2v) is 14.1. The van der Waals surface area contributed by atoms with Gasteiger partial charge in [-0.25, -0.2) is 0 Å². The van der Waals surface area contributed by atoms with Crippen LogP contribution in [0.25, 0.3) is 39.0 Å². The van der Waals surface area contributed by atoms with Crippen LogP contribution in [0.2, 0.25) is 0 Å². The van der Waals surface area contributed by atoms with Crippen molar-refractivity contribution in [3.63, 3.8) is 0 Å². The van der Waals surface area contributed by atoms with Crippen LogP contribution in [0.3, 0.4) is 0 Å². The third-order valence-electron chi connectivity index (χ3n) is 10.5. The van der Waals surface area contributed by atoms with Crippen LogP contribution in [-0.4, -0.2) is 0 Å². The molecule has 0 bridgehead atoms. The zero-order valence-electron chi connectivity index (χ0n) is 31.7. The van der Waals surface area contributed by atoms with Crippen molar-refractivity contribution in [1.29, 1.82) is 0 Å². The Labute approximate surface area is 336 Å². The van der Waals surface area contributed by atoms with Crippen molar-refractivity contribution in [3.05, 3.63) is 254 Å². The van der Waals surface area contributed by atoms with E-state index >= 15 is 0 Å². The molecule has 1 aliphatic carbocycles. The van der Waals surface area contributed by atoms with Gasteiger partial charge in [0.05, 0.1) is 0 Å². The lowest BCUT2D eigenvalue weighted by Gasteiger charge is -2.26. The highest BCUT2D eigenvalue weighted by atomic mass is 15.1. The van der Waals surface area contributed by atoms with Gasteiger partial charge in [-0.05, 0) is 118 Å². The van der Waals surface area contributed by atoms with Crippen molar-refractivity contribution in [2.75, 3.05) is 9.80 Å². The van der Waals surface area contributed by atoms with E-state index in [2.05, 4.69) is 252 Å². The zero-order valence-corrected chi connectivity index (χ0v) is 31.7. The molecule has 0 unspecified atom stereocenters. The third kappa shape index (κ3) is 7.89. The fourth-order valence-corrected chi connectivity index (χ4v) is 7.57. The van der Waals surface area contributed by atoms with Crippen molar-refractivity contribution in [3.8, 4) is 33.4 Å². The number of rotatable bonds is 10. The van der Waals surface area contributed by atoms with E-state index in [1.807, 2.05) is 0 Å². The first-order valence-electron chi connectivity index (χ1n) is 19.6. The fourth-order valence-electron chi connectivity index (χ4n) is 7.57. The molecule has 0 fully saturated rings. The van der Waals surface area contributed by atoms with Crippen LogP contribution in [0.4, 0.5) is 28.4 Å². The van der Waals surface area contributed by atoms with Gasteiger partial charge in [-0.2, -0.15) is 0 Å². The maximum atomic E-state index is 2.34. The molecule has 272 valence electrons. The number of nitrogens with zero attached hydrogens (tertiary/aromatic N) is 2. The number of hydrogen-bond donors (Lipinski definition) is 0. The van der Waals surface area contributed by atoms with E-state index < -0.39 is 0 Å². The summed E-state index contributed by atoms with van der Waals surface area (Å²) in [7, 11) is 0. The molecule has 8 aromatic carbocycles. The first-order valence-corrected chi connectivity index (χ1v) is 19.6. The summed E-state index contributed by atoms with van der Waals surface area (Å²) in [5.74, 6) is 0. The molecule has 0 spiro atoms. The van der Waals surface area contributed by atoms with Crippen molar-refractivity contribution in [2.45, 2.75) is 6.42 Å². The van der Waals surface area contributed by atoms with Gasteiger partial charge in [0.15, 0.2) is 0 Å².